The molecule has 1 aliphatic rings. The first kappa shape index (κ1) is 11.0. The summed E-state index contributed by atoms with van der Waals surface area (Å²) < 4.78 is 0. The zero-order chi connectivity index (χ0) is 9.52. The van der Waals surface area contributed by atoms with Crippen LogP contribution in [0.1, 0.15) is 51.9 Å². The molecule has 1 saturated carbocycles. The first-order valence-electron chi connectivity index (χ1n) is 5.91. The standard InChI is InChI=1S/C12H24N/c1-3-10-13(11-4-2)12-8-6-5-7-9-12/h12H,1,3-11H2,2H3. The van der Waals surface area contributed by atoms with Crippen molar-refractivity contribution < 1.29 is 0 Å². The van der Waals surface area contributed by atoms with E-state index in [2.05, 4.69) is 18.7 Å². The van der Waals surface area contributed by atoms with Crippen LogP contribution in [0.3, 0.4) is 0 Å². The summed E-state index contributed by atoms with van der Waals surface area (Å²) in [5, 5.41) is 0. The van der Waals surface area contributed by atoms with Crippen LogP contribution in [0, 0.1) is 6.92 Å². The molecule has 0 N–H and O–H groups in total. The quantitative estimate of drug-likeness (QED) is 0.631. The summed E-state index contributed by atoms with van der Waals surface area (Å²) in [5.74, 6) is 0. The predicted molar refractivity (Wildman–Crippen MR) is 58.7 cm³/mol. The molecule has 0 unspecified atom stereocenters. The smallest absolute Gasteiger partial charge is 0.00952 e. The van der Waals surface area contributed by atoms with Gasteiger partial charge < -0.3 is 4.90 Å². The first-order valence-corrected chi connectivity index (χ1v) is 5.91. The van der Waals surface area contributed by atoms with Gasteiger partial charge in [0.05, 0.1) is 0 Å². The lowest BCUT2D eigenvalue weighted by molar-refractivity contribution is 0.158. The fraction of sp³-hybridized carbons (Fsp3) is 0.917. The van der Waals surface area contributed by atoms with E-state index in [1.165, 1.54) is 51.6 Å². The third-order valence-electron chi connectivity index (χ3n) is 3.05. The van der Waals surface area contributed by atoms with E-state index < -0.39 is 0 Å². The van der Waals surface area contributed by atoms with Crippen molar-refractivity contribution in [3.8, 4) is 0 Å². The summed E-state index contributed by atoms with van der Waals surface area (Å²) in [6.45, 7) is 8.72. The monoisotopic (exact) mass is 182 g/mol. The maximum absolute atomic E-state index is 3.96. The van der Waals surface area contributed by atoms with Crippen LogP contribution in [-0.4, -0.2) is 24.0 Å². The molecule has 1 fully saturated rings. The molecule has 0 aromatic rings. The Bertz CT molecular complexity index is 110. The van der Waals surface area contributed by atoms with E-state index in [1.807, 2.05) is 0 Å². The molecule has 0 amide bonds. The molecule has 0 aromatic heterocycles. The van der Waals surface area contributed by atoms with E-state index in [-0.39, 0.29) is 0 Å². The Labute approximate surface area is 83.5 Å². The van der Waals surface area contributed by atoms with Gasteiger partial charge in [-0.2, -0.15) is 0 Å². The molecule has 1 heteroatoms. The van der Waals surface area contributed by atoms with Crippen molar-refractivity contribution in [1.82, 2.24) is 4.90 Å². The summed E-state index contributed by atoms with van der Waals surface area (Å²) in [4.78, 5) is 2.66. The van der Waals surface area contributed by atoms with Gasteiger partial charge in [0.15, 0.2) is 0 Å². The van der Waals surface area contributed by atoms with E-state index in [9.17, 15) is 0 Å². The molecule has 0 spiro atoms. The minimum atomic E-state index is 0.885. The zero-order valence-corrected chi connectivity index (χ0v) is 9.10. The number of hydrogen-bond acceptors (Lipinski definition) is 1. The van der Waals surface area contributed by atoms with Crippen molar-refractivity contribution in [2.75, 3.05) is 13.1 Å². The highest BCUT2D eigenvalue weighted by molar-refractivity contribution is 4.75. The summed E-state index contributed by atoms with van der Waals surface area (Å²) in [6, 6.07) is 0.885. The Morgan fingerprint density at radius 1 is 1.15 bits per heavy atom. The summed E-state index contributed by atoms with van der Waals surface area (Å²) >= 11 is 0. The Balaban J connectivity index is 2.32. The lowest BCUT2D eigenvalue weighted by Crippen LogP contribution is -2.37. The molecule has 1 nitrogen and oxygen atoms in total. The SMILES string of the molecule is [CH2]CCN(CCC)C1CCCCC1. The van der Waals surface area contributed by atoms with Gasteiger partial charge in [-0.15, -0.1) is 0 Å². The van der Waals surface area contributed by atoms with E-state index in [1.54, 1.807) is 0 Å². The fourth-order valence-electron chi connectivity index (χ4n) is 2.41. The highest BCUT2D eigenvalue weighted by Crippen LogP contribution is 2.22. The maximum atomic E-state index is 3.96. The highest BCUT2D eigenvalue weighted by Gasteiger charge is 2.19. The minimum absolute atomic E-state index is 0.885. The number of hydrogen-bond donors (Lipinski definition) is 0. The van der Waals surface area contributed by atoms with Gasteiger partial charge in [-0.3, -0.25) is 0 Å². The van der Waals surface area contributed by atoms with Gasteiger partial charge in [0.25, 0.3) is 0 Å². The summed E-state index contributed by atoms with van der Waals surface area (Å²) in [6.07, 6.45) is 9.57. The third-order valence-corrected chi connectivity index (χ3v) is 3.05. The van der Waals surface area contributed by atoms with E-state index in [0.29, 0.717) is 0 Å². The topological polar surface area (TPSA) is 3.24 Å². The molecule has 0 heterocycles. The van der Waals surface area contributed by atoms with Crippen molar-refractivity contribution >= 4 is 0 Å². The van der Waals surface area contributed by atoms with Gasteiger partial charge in [0.1, 0.15) is 0 Å². The van der Waals surface area contributed by atoms with Crippen LogP contribution in [0.2, 0.25) is 0 Å². The van der Waals surface area contributed by atoms with Crippen molar-refractivity contribution in [2.45, 2.75) is 57.9 Å². The average molecular weight is 182 g/mol. The molecular weight excluding hydrogens is 158 g/mol. The highest BCUT2D eigenvalue weighted by atomic mass is 15.1. The zero-order valence-electron chi connectivity index (χ0n) is 9.10. The molecule has 0 aliphatic heterocycles. The second kappa shape index (κ2) is 6.42. The van der Waals surface area contributed by atoms with Crippen LogP contribution in [0.25, 0.3) is 0 Å². The third kappa shape index (κ3) is 3.68. The molecular formula is C12H24N. The van der Waals surface area contributed by atoms with Gasteiger partial charge in [-0.05, 0) is 38.8 Å². The molecule has 13 heavy (non-hydrogen) atoms. The van der Waals surface area contributed by atoms with E-state index >= 15 is 0 Å². The lowest BCUT2D eigenvalue weighted by Gasteiger charge is -2.33. The van der Waals surface area contributed by atoms with Crippen LogP contribution < -0.4 is 0 Å². The van der Waals surface area contributed by atoms with Crippen LogP contribution in [-0.2, 0) is 0 Å². The Kier molecular flexibility index (Phi) is 5.45. The summed E-state index contributed by atoms with van der Waals surface area (Å²) in [5.41, 5.74) is 0. The lowest BCUT2D eigenvalue weighted by atomic mass is 9.94. The second-order valence-electron chi connectivity index (χ2n) is 4.18. The molecule has 1 rings (SSSR count). The molecule has 0 aromatic carbocycles. The Morgan fingerprint density at radius 3 is 2.38 bits per heavy atom. The molecule has 77 valence electrons. The van der Waals surface area contributed by atoms with Gasteiger partial charge in [0.2, 0.25) is 0 Å². The number of rotatable bonds is 5. The Morgan fingerprint density at radius 2 is 1.85 bits per heavy atom. The van der Waals surface area contributed by atoms with Gasteiger partial charge >= 0.3 is 0 Å². The van der Waals surface area contributed by atoms with Crippen molar-refractivity contribution in [3.05, 3.63) is 6.92 Å². The summed E-state index contributed by atoms with van der Waals surface area (Å²) in [7, 11) is 0. The van der Waals surface area contributed by atoms with Crippen LogP contribution >= 0.6 is 0 Å². The largest absolute Gasteiger partial charge is 0.300 e. The van der Waals surface area contributed by atoms with Gasteiger partial charge in [0, 0.05) is 6.04 Å². The van der Waals surface area contributed by atoms with Crippen LogP contribution in [0.4, 0.5) is 0 Å². The first-order chi connectivity index (χ1) is 6.38. The fourth-order valence-corrected chi connectivity index (χ4v) is 2.41. The second-order valence-corrected chi connectivity index (χ2v) is 4.18. The molecule has 0 saturated heterocycles. The van der Waals surface area contributed by atoms with Gasteiger partial charge in [-0.25, -0.2) is 0 Å². The maximum Gasteiger partial charge on any atom is 0.00952 e. The number of nitrogens with zero attached hydrogens (tertiary/aromatic N) is 1. The Hall–Kier alpha value is -0.0400. The van der Waals surface area contributed by atoms with Crippen LogP contribution in [0.5, 0.6) is 0 Å². The van der Waals surface area contributed by atoms with E-state index in [4.69, 9.17) is 0 Å². The molecule has 0 bridgehead atoms. The minimum Gasteiger partial charge on any atom is -0.300 e. The predicted octanol–water partition coefficient (Wildman–Crippen LogP) is 3.26. The van der Waals surface area contributed by atoms with Crippen LogP contribution in [0.15, 0.2) is 0 Å². The van der Waals surface area contributed by atoms with E-state index in [0.717, 1.165) is 12.5 Å². The average Bonchev–Trinajstić information content (AvgIpc) is 2.19. The van der Waals surface area contributed by atoms with Crippen molar-refractivity contribution in [2.24, 2.45) is 0 Å². The molecule has 1 aliphatic carbocycles. The normalized spacial score (nSPS) is 19.6. The molecule has 1 radical (unpaired) electrons. The van der Waals surface area contributed by atoms with Crippen molar-refractivity contribution in [3.63, 3.8) is 0 Å². The van der Waals surface area contributed by atoms with Gasteiger partial charge in [-0.1, -0.05) is 33.1 Å². The molecule has 0 atom stereocenters. The van der Waals surface area contributed by atoms with Crippen molar-refractivity contribution in [1.29, 1.82) is 0 Å².